The molecule has 34 heavy (non-hydrogen) atoms. The molecule has 9 nitrogen and oxygen atoms in total. The van der Waals surface area contributed by atoms with Crippen molar-refractivity contribution in [2.45, 2.75) is 26.4 Å². The zero-order valence-corrected chi connectivity index (χ0v) is 19.5. The number of nitrogens with one attached hydrogen (secondary N) is 2. The van der Waals surface area contributed by atoms with Crippen molar-refractivity contribution in [3.05, 3.63) is 65.4 Å². The van der Waals surface area contributed by atoms with Gasteiger partial charge in [0.15, 0.2) is 5.82 Å². The second-order valence-electron chi connectivity index (χ2n) is 8.24. The SMILES string of the molecule is COC[C@H](C)Oc1cc(Oc2ccc(C(=O)N3CCC3)cc2)cc(C(=O)Nc2cc(C)[nH]n2)c1. The molecule has 0 bridgehead atoms. The molecule has 1 aliphatic heterocycles. The van der Waals surface area contributed by atoms with Gasteiger partial charge in [-0.15, -0.1) is 0 Å². The van der Waals surface area contributed by atoms with E-state index in [1.54, 1.807) is 55.6 Å². The number of carbonyl (C=O) groups is 2. The number of likely N-dealkylation sites (tertiary alicyclic amines) is 1. The van der Waals surface area contributed by atoms with Crippen molar-refractivity contribution >= 4 is 17.6 Å². The van der Waals surface area contributed by atoms with Crippen molar-refractivity contribution in [2.24, 2.45) is 0 Å². The van der Waals surface area contributed by atoms with E-state index in [2.05, 4.69) is 15.5 Å². The summed E-state index contributed by atoms with van der Waals surface area (Å²) >= 11 is 0. The summed E-state index contributed by atoms with van der Waals surface area (Å²) in [5, 5.41) is 9.60. The number of carbonyl (C=O) groups excluding carboxylic acids is 2. The molecule has 2 heterocycles. The average molecular weight is 465 g/mol. The molecule has 1 fully saturated rings. The highest BCUT2D eigenvalue weighted by molar-refractivity contribution is 6.04. The van der Waals surface area contributed by atoms with Gasteiger partial charge in [0, 0.05) is 49.2 Å². The first kappa shape index (κ1) is 23.3. The predicted molar refractivity (Wildman–Crippen MR) is 127 cm³/mol. The second-order valence-corrected chi connectivity index (χ2v) is 8.24. The molecule has 0 spiro atoms. The Morgan fingerprint density at radius 2 is 1.79 bits per heavy atom. The molecule has 0 unspecified atom stereocenters. The van der Waals surface area contributed by atoms with Crippen LogP contribution in [-0.4, -0.2) is 59.8 Å². The van der Waals surface area contributed by atoms with Crippen LogP contribution in [0, 0.1) is 6.92 Å². The number of aromatic nitrogens is 2. The van der Waals surface area contributed by atoms with Gasteiger partial charge in [-0.05, 0) is 56.7 Å². The lowest BCUT2D eigenvalue weighted by Gasteiger charge is -2.30. The molecule has 3 aromatic rings. The summed E-state index contributed by atoms with van der Waals surface area (Å²) in [5.74, 6) is 1.52. The summed E-state index contributed by atoms with van der Waals surface area (Å²) in [7, 11) is 1.60. The molecule has 1 saturated heterocycles. The maximum Gasteiger partial charge on any atom is 0.257 e. The van der Waals surface area contributed by atoms with Crippen LogP contribution in [0.1, 0.15) is 39.8 Å². The number of aromatic amines is 1. The summed E-state index contributed by atoms with van der Waals surface area (Å²) in [6.07, 6.45) is 0.821. The molecule has 178 valence electrons. The fourth-order valence-corrected chi connectivity index (χ4v) is 3.50. The van der Waals surface area contributed by atoms with Crippen molar-refractivity contribution in [3.8, 4) is 17.2 Å². The molecular weight excluding hydrogens is 436 g/mol. The van der Waals surface area contributed by atoms with Gasteiger partial charge in [0.05, 0.1) is 6.61 Å². The Balaban J connectivity index is 1.54. The van der Waals surface area contributed by atoms with Gasteiger partial charge < -0.3 is 24.4 Å². The summed E-state index contributed by atoms with van der Waals surface area (Å²) in [5.41, 5.74) is 1.80. The Morgan fingerprint density at radius 3 is 2.41 bits per heavy atom. The van der Waals surface area contributed by atoms with Gasteiger partial charge in [-0.2, -0.15) is 5.10 Å². The van der Waals surface area contributed by atoms with E-state index in [0.29, 0.717) is 40.8 Å². The summed E-state index contributed by atoms with van der Waals surface area (Å²) in [4.78, 5) is 27.1. The molecular formula is C25H28N4O5. The third-order valence-electron chi connectivity index (χ3n) is 5.31. The lowest BCUT2D eigenvalue weighted by Crippen LogP contribution is -2.41. The van der Waals surface area contributed by atoms with E-state index in [-0.39, 0.29) is 17.9 Å². The van der Waals surface area contributed by atoms with E-state index in [0.717, 1.165) is 25.2 Å². The highest BCUT2D eigenvalue weighted by atomic mass is 16.5. The monoisotopic (exact) mass is 464 g/mol. The Bertz CT molecular complexity index is 1150. The number of H-pyrrole nitrogens is 1. The number of ether oxygens (including phenoxy) is 3. The summed E-state index contributed by atoms with van der Waals surface area (Å²) in [6, 6.07) is 13.7. The number of hydrogen-bond acceptors (Lipinski definition) is 6. The van der Waals surface area contributed by atoms with Gasteiger partial charge in [0.2, 0.25) is 0 Å². The fraction of sp³-hybridized carbons (Fsp3) is 0.320. The Hall–Kier alpha value is -3.85. The van der Waals surface area contributed by atoms with Crippen LogP contribution in [0.4, 0.5) is 5.82 Å². The van der Waals surface area contributed by atoms with Gasteiger partial charge in [0.25, 0.3) is 11.8 Å². The number of nitrogens with zero attached hydrogens (tertiary/aromatic N) is 2. The van der Waals surface area contributed by atoms with E-state index in [4.69, 9.17) is 14.2 Å². The molecule has 0 radical (unpaired) electrons. The number of benzene rings is 2. The van der Waals surface area contributed by atoms with E-state index < -0.39 is 0 Å². The van der Waals surface area contributed by atoms with E-state index in [1.807, 2.05) is 18.7 Å². The van der Waals surface area contributed by atoms with Crippen LogP contribution >= 0.6 is 0 Å². The van der Waals surface area contributed by atoms with Gasteiger partial charge in [0.1, 0.15) is 23.4 Å². The first-order valence-electron chi connectivity index (χ1n) is 11.1. The van der Waals surface area contributed by atoms with Gasteiger partial charge >= 0.3 is 0 Å². The first-order valence-corrected chi connectivity index (χ1v) is 11.1. The minimum absolute atomic E-state index is 0.0212. The molecule has 0 aliphatic carbocycles. The Kier molecular flexibility index (Phi) is 7.12. The van der Waals surface area contributed by atoms with E-state index in [9.17, 15) is 9.59 Å². The standard InChI is InChI=1S/C25H28N4O5/c1-16-11-23(28-27-16)26-24(30)19-12-21(33-17(2)15-32-3)14-22(13-19)34-20-7-5-18(6-8-20)25(31)29-9-4-10-29/h5-8,11-14,17H,4,9-10,15H2,1-3H3,(H2,26,27,28,30)/t17-/m0/s1. The Morgan fingerprint density at radius 1 is 1.06 bits per heavy atom. The fourth-order valence-electron chi connectivity index (χ4n) is 3.50. The number of methoxy groups -OCH3 is 1. The zero-order valence-electron chi connectivity index (χ0n) is 19.5. The smallest absolute Gasteiger partial charge is 0.257 e. The highest BCUT2D eigenvalue weighted by Crippen LogP contribution is 2.29. The van der Waals surface area contributed by atoms with Crippen LogP contribution in [0.25, 0.3) is 0 Å². The molecule has 0 saturated carbocycles. The first-order chi connectivity index (χ1) is 16.4. The van der Waals surface area contributed by atoms with Gasteiger partial charge in [-0.25, -0.2) is 0 Å². The predicted octanol–water partition coefficient (Wildman–Crippen LogP) is 4.02. The molecule has 1 aliphatic rings. The minimum atomic E-state index is -0.350. The van der Waals surface area contributed by atoms with E-state index >= 15 is 0 Å². The Labute approximate surface area is 198 Å². The second kappa shape index (κ2) is 10.4. The quantitative estimate of drug-likeness (QED) is 0.495. The highest BCUT2D eigenvalue weighted by Gasteiger charge is 2.21. The maximum absolute atomic E-state index is 12.9. The molecule has 9 heteroatoms. The normalized spacial score (nSPS) is 13.7. The molecule has 2 amide bonds. The summed E-state index contributed by atoms with van der Waals surface area (Å²) in [6.45, 7) is 5.72. The zero-order chi connectivity index (χ0) is 24.1. The van der Waals surface area contributed by atoms with Gasteiger partial charge in [-0.3, -0.25) is 14.7 Å². The number of rotatable bonds is 9. The molecule has 1 atom stereocenters. The average Bonchev–Trinajstić information content (AvgIpc) is 3.17. The summed E-state index contributed by atoms with van der Waals surface area (Å²) < 4.78 is 17.1. The number of amides is 2. The third-order valence-corrected chi connectivity index (χ3v) is 5.31. The van der Waals surface area contributed by atoms with Gasteiger partial charge in [-0.1, -0.05) is 0 Å². The molecule has 2 aromatic carbocycles. The van der Waals surface area contributed by atoms with Crippen molar-refractivity contribution < 1.29 is 23.8 Å². The van der Waals surface area contributed by atoms with Crippen LogP contribution in [0.15, 0.2) is 48.5 Å². The van der Waals surface area contributed by atoms with Crippen molar-refractivity contribution in [3.63, 3.8) is 0 Å². The topological polar surface area (TPSA) is 106 Å². The molecule has 1 aromatic heterocycles. The molecule has 4 rings (SSSR count). The minimum Gasteiger partial charge on any atom is -0.488 e. The van der Waals surface area contributed by atoms with Crippen molar-refractivity contribution in [1.29, 1.82) is 0 Å². The number of aryl methyl sites for hydroxylation is 1. The van der Waals surface area contributed by atoms with Crippen LogP contribution < -0.4 is 14.8 Å². The number of hydrogen-bond donors (Lipinski definition) is 2. The van der Waals surface area contributed by atoms with Crippen LogP contribution in [0.3, 0.4) is 0 Å². The largest absolute Gasteiger partial charge is 0.488 e. The van der Waals surface area contributed by atoms with Crippen molar-refractivity contribution in [1.82, 2.24) is 15.1 Å². The number of anilines is 1. The van der Waals surface area contributed by atoms with Crippen LogP contribution in [0.2, 0.25) is 0 Å². The lowest BCUT2D eigenvalue weighted by atomic mass is 10.1. The third kappa shape index (κ3) is 5.74. The van der Waals surface area contributed by atoms with Crippen LogP contribution in [0.5, 0.6) is 17.2 Å². The van der Waals surface area contributed by atoms with Crippen molar-refractivity contribution in [2.75, 3.05) is 32.1 Å². The lowest BCUT2D eigenvalue weighted by molar-refractivity contribution is 0.0651. The molecule has 2 N–H and O–H groups in total. The maximum atomic E-state index is 12.9. The van der Waals surface area contributed by atoms with E-state index in [1.165, 1.54) is 0 Å². The van der Waals surface area contributed by atoms with Crippen LogP contribution in [-0.2, 0) is 4.74 Å².